The second kappa shape index (κ2) is 3.87. The molecule has 0 bridgehead atoms. The van der Waals surface area contributed by atoms with E-state index in [-0.39, 0.29) is 18.1 Å². The van der Waals surface area contributed by atoms with E-state index in [0.717, 1.165) is 38.8 Å². The fraction of sp³-hybridized carbons (Fsp3) is 0.900. The molecule has 1 aliphatic heterocycles. The van der Waals surface area contributed by atoms with Crippen LogP contribution >= 0.6 is 0 Å². The van der Waals surface area contributed by atoms with Gasteiger partial charge in [0.1, 0.15) is 0 Å². The van der Waals surface area contributed by atoms with Crippen molar-refractivity contribution in [3.8, 4) is 0 Å². The van der Waals surface area contributed by atoms with Gasteiger partial charge in [0.25, 0.3) is 0 Å². The number of amides is 1. The molecule has 80 valence electrons. The smallest absolute Gasteiger partial charge is 0.239 e. The fourth-order valence-electron chi connectivity index (χ4n) is 2.31. The van der Waals surface area contributed by atoms with Crippen molar-refractivity contribution in [1.82, 2.24) is 4.90 Å². The number of likely N-dealkylation sites (tertiary alicyclic amines) is 1. The topological polar surface area (TPSA) is 66.6 Å². The number of carbonyl (C=O) groups is 1. The van der Waals surface area contributed by atoms with Gasteiger partial charge in [-0.2, -0.15) is 0 Å². The molecule has 0 aromatic rings. The molecule has 2 fully saturated rings. The monoisotopic (exact) mass is 198 g/mol. The first-order valence-corrected chi connectivity index (χ1v) is 5.39. The molecule has 1 saturated carbocycles. The number of aliphatic hydroxyl groups is 1. The van der Waals surface area contributed by atoms with Crippen molar-refractivity contribution < 1.29 is 9.90 Å². The Balaban J connectivity index is 1.82. The maximum Gasteiger partial charge on any atom is 0.239 e. The third-order valence-electron chi connectivity index (χ3n) is 3.26. The third kappa shape index (κ3) is 1.91. The SMILES string of the molecule is NC1CCCN(CC2CC(O)C2)C1=O. The summed E-state index contributed by atoms with van der Waals surface area (Å²) in [4.78, 5) is 13.5. The van der Waals surface area contributed by atoms with Crippen LogP contribution in [0.5, 0.6) is 0 Å². The lowest BCUT2D eigenvalue weighted by Crippen LogP contribution is -2.51. The lowest BCUT2D eigenvalue weighted by Gasteiger charge is -2.38. The van der Waals surface area contributed by atoms with E-state index in [1.54, 1.807) is 0 Å². The molecule has 14 heavy (non-hydrogen) atoms. The number of hydrogen-bond donors (Lipinski definition) is 2. The normalized spacial score (nSPS) is 38.3. The van der Waals surface area contributed by atoms with E-state index >= 15 is 0 Å². The zero-order valence-electron chi connectivity index (χ0n) is 8.35. The van der Waals surface area contributed by atoms with Crippen LogP contribution in [-0.4, -0.2) is 41.1 Å². The second-order valence-electron chi connectivity index (χ2n) is 4.52. The number of piperidine rings is 1. The van der Waals surface area contributed by atoms with Gasteiger partial charge in [0.05, 0.1) is 12.1 Å². The molecule has 0 radical (unpaired) electrons. The summed E-state index contributed by atoms with van der Waals surface area (Å²) in [6.07, 6.45) is 3.40. The third-order valence-corrected chi connectivity index (χ3v) is 3.26. The summed E-state index contributed by atoms with van der Waals surface area (Å²) in [6, 6.07) is -0.284. The first kappa shape index (κ1) is 9.93. The van der Waals surface area contributed by atoms with Crippen LogP contribution in [0.25, 0.3) is 0 Å². The molecule has 1 heterocycles. The van der Waals surface area contributed by atoms with Crippen LogP contribution in [0.3, 0.4) is 0 Å². The number of carbonyl (C=O) groups excluding carboxylic acids is 1. The van der Waals surface area contributed by atoms with Gasteiger partial charge < -0.3 is 15.7 Å². The van der Waals surface area contributed by atoms with Crippen molar-refractivity contribution in [3.05, 3.63) is 0 Å². The Kier molecular flexibility index (Phi) is 2.74. The Bertz CT molecular complexity index is 226. The van der Waals surface area contributed by atoms with Gasteiger partial charge in [-0.3, -0.25) is 4.79 Å². The molecule has 2 rings (SSSR count). The van der Waals surface area contributed by atoms with Gasteiger partial charge in [-0.1, -0.05) is 0 Å². The van der Waals surface area contributed by atoms with Crippen LogP contribution in [0.4, 0.5) is 0 Å². The summed E-state index contributed by atoms with van der Waals surface area (Å²) in [5.74, 6) is 0.594. The number of hydrogen-bond acceptors (Lipinski definition) is 3. The Morgan fingerprint density at radius 2 is 2.21 bits per heavy atom. The Morgan fingerprint density at radius 3 is 2.86 bits per heavy atom. The molecule has 0 aromatic heterocycles. The van der Waals surface area contributed by atoms with Crippen LogP contribution in [-0.2, 0) is 4.79 Å². The Labute approximate surface area is 84.1 Å². The average molecular weight is 198 g/mol. The van der Waals surface area contributed by atoms with E-state index in [4.69, 9.17) is 10.8 Å². The zero-order valence-corrected chi connectivity index (χ0v) is 8.35. The largest absolute Gasteiger partial charge is 0.393 e. The highest BCUT2D eigenvalue weighted by atomic mass is 16.3. The van der Waals surface area contributed by atoms with Gasteiger partial charge in [-0.15, -0.1) is 0 Å². The van der Waals surface area contributed by atoms with Crippen molar-refractivity contribution in [2.45, 2.75) is 37.8 Å². The average Bonchev–Trinajstić information content (AvgIpc) is 2.10. The highest BCUT2D eigenvalue weighted by Crippen LogP contribution is 2.28. The molecule has 3 N–H and O–H groups in total. The van der Waals surface area contributed by atoms with Crippen molar-refractivity contribution in [1.29, 1.82) is 0 Å². The molecule has 1 atom stereocenters. The minimum absolute atomic E-state index is 0.0950. The van der Waals surface area contributed by atoms with Gasteiger partial charge in [0.2, 0.25) is 5.91 Å². The van der Waals surface area contributed by atoms with Crippen molar-refractivity contribution in [2.75, 3.05) is 13.1 Å². The molecule has 1 unspecified atom stereocenters. The van der Waals surface area contributed by atoms with E-state index in [1.165, 1.54) is 0 Å². The summed E-state index contributed by atoms with van der Waals surface area (Å²) in [7, 11) is 0. The predicted molar refractivity (Wildman–Crippen MR) is 52.5 cm³/mol. The summed E-state index contributed by atoms with van der Waals surface area (Å²) in [5.41, 5.74) is 5.69. The molecular weight excluding hydrogens is 180 g/mol. The van der Waals surface area contributed by atoms with E-state index in [0.29, 0.717) is 5.92 Å². The first-order chi connectivity index (χ1) is 6.66. The van der Waals surface area contributed by atoms with Crippen molar-refractivity contribution >= 4 is 5.91 Å². The number of nitrogens with two attached hydrogens (primary N) is 1. The highest BCUT2D eigenvalue weighted by molar-refractivity contribution is 5.82. The van der Waals surface area contributed by atoms with Crippen LogP contribution in [0.15, 0.2) is 0 Å². The number of rotatable bonds is 2. The number of nitrogens with zero attached hydrogens (tertiary/aromatic N) is 1. The molecule has 4 nitrogen and oxygen atoms in total. The van der Waals surface area contributed by atoms with Gasteiger partial charge >= 0.3 is 0 Å². The Hall–Kier alpha value is -0.610. The standard InChI is InChI=1S/C10H18N2O2/c11-9-2-1-3-12(10(9)14)6-7-4-8(13)5-7/h7-9,13H,1-6,11H2. The van der Waals surface area contributed by atoms with E-state index in [1.807, 2.05) is 4.90 Å². The van der Waals surface area contributed by atoms with Gasteiger partial charge in [-0.25, -0.2) is 0 Å². The molecular formula is C10H18N2O2. The fourth-order valence-corrected chi connectivity index (χ4v) is 2.31. The predicted octanol–water partition coefficient (Wildman–Crippen LogP) is -0.293. The quantitative estimate of drug-likeness (QED) is 0.640. The first-order valence-electron chi connectivity index (χ1n) is 5.39. The zero-order chi connectivity index (χ0) is 10.1. The highest BCUT2D eigenvalue weighted by Gasteiger charge is 2.32. The molecule has 1 amide bonds. The Morgan fingerprint density at radius 1 is 1.50 bits per heavy atom. The lowest BCUT2D eigenvalue weighted by atomic mass is 9.82. The van der Waals surface area contributed by atoms with E-state index < -0.39 is 0 Å². The van der Waals surface area contributed by atoms with E-state index in [9.17, 15) is 4.79 Å². The van der Waals surface area contributed by atoms with Crippen molar-refractivity contribution in [3.63, 3.8) is 0 Å². The maximum atomic E-state index is 11.6. The molecule has 1 aliphatic carbocycles. The van der Waals surface area contributed by atoms with Crippen LogP contribution in [0.2, 0.25) is 0 Å². The number of aliphatic hydroxyl groups excluding tert-OH is 1. The van der Waals surface area contributed by atoms with Crippen molar-refractivity contribution in [2.24, 2.45) is 11.7 Å². The van der Waals surface area contributed by atoms with Crippen LogP contribution < -0.4 is 5.73 Å². The molecule has 0 aromatic carbocycles. The summed E-state index contributed by atoms with van der Waals surface area (Å²) in [6.45, 7) is 1.64. The minimum Gasteiger partial charge on any atom is -0.393 e. The van der Waals surface area contributed by atoms with Crippen LogP contribution in [0.1, 0.15) is 25.7 Å². The summed E-state index contributed by atoms with van der Waals surface area (Å²) in [5, 5.41) is 9.14. The van der Waals surface area contributed by atoms with Gasteiger partial charge in [-0.05, 0) is 31.6 Å². The van der Waals surface area contributed by atoms with Crippen LogP contribution in [0, 0.1) is 5.92 Å². The van der Waals surface area contributed by atoms with Gasteiger partial charge in [0.15, 0.2) is 0 Å². The summed E-state index contributed by atoms with van der Waals surface area (Å²) >= 11 is 0. The second-order valence-corrected chi connectivity index (χ2v) is 4.52. The van der Waals surface area contributed by atoms with Gasteiger partial charge in [0, 0.05) is 13.1 Å². The van der Waals surface area contributed by atoms with E-state index in [2.05, 4.69) is 0 Å². The molecule has 1 saturated heterocycles. The molecule has 0 spiro atoms. The minimum atomic E-state index is -0.284. The molecule has 2 aliphatic rings. The molecule has 4 heteroatoms. The maximum absolute atomic E-state index is 11.6. The lowest BCUT2D eigenvalue weighted by molar-refractivity contribution is -0.136. The summed E-state index contributed by atoms with van der Waals surface area (Å²) < 4.78 is 0.